The molecule has 3 aromatic rings. The van der Waals surface area contributed by atoms with Crippen molar-refractivity contribution in [2.75, 3.05) is 18.6 Å². The molecule has 2 aromatic carbocycles. The molecule has 0 aliphatic heterocycles. The molecule has 156 valence electrons. The first kappa shape index (κ1) is 21.6. The number of hydrogen-bond donors (Lipinski definition) is 2. The lowest BCUT2D eigenvalue weighted by molar-refractivity contribution is 0.602. The molecule has 2 N–H and O–H groups in total. The highest BCUT2D eigenvalue weighted by Crippen LogP contribution is 2.32. The summed E-state index contributed by atoms with van der Waals surface area (Å²) in [6, 6.07) is 12.3. The summed E-state index contributed by atoms with van der Waals surface area (Å²) in [7, 11) is -1.59. The van der Waals surface area contributed by atoms with Crippen LogP contribution in [0.25, 0.3) is 22.6 Å². The lowest BCUT2D eigenvalue weighted by atomic mass is 10.0. The third-order valence-electron chi connectivity index (χ3n) is 4.60. The normalized spacial score (nSPS) is 11.3. The molecule has 0 atom stereocenters. The fraction of sp³-hybridized carbons (Fsp3) is 0.227. The zero-order valence-corrected chi connectivity index (χ0v) is 17.8. The van der Waals surface area contributed by atoms with Gasteiger partial charge in [0.15, 0.2) is 15.7 Å². The molecule has 8 heteroatoms. The van der Waals surface area contributed by atoms with Crippen molar-refractivity contribution >= 4 is 21.2 Å². The van der Waals surface area contributed by atoms with E-state index < -0.39 is 9.84 Å². The van der Waals surface area contributed by atoms with E-state index in [1.54, 1.807) is 31.3 Å². The Morgan fingerprint density at radius 2 is 1.63 bits per heavy atom. The van der Waals surface area contributed by atoms with Gasteiger partial charge in [-0.2, -0.15) is 0 Å². The van der Waals surface area contributed by atoms with E-state index in [0.29, 0.717) is 46.2 Å². The SMILES string of the molecule is CCCC(=N)c1nc(-c2ccc(F)cc2)nc(-c2ccc(S(C)(=O)=O)cc2)c1NC. The Labute approximate surface area is 175 Å². The lowest BCUT2D eigenvalue weighted by Crippen LogP contribution is -2.11. The van der Waals surface area contributed by atoms with Crippen molar-refractivity contribution in [3.05, 3.63) is 60.0 Å². The van der Waals surface area contributed by atoms with E-state index in [1.165, 1.54) is 24.3 Å². The van der Waals surface area contributed by atoms with Gasteiger partial charge >= 0.3 is 0 Å². The summed E-state index contributed by atoms with van der Waals surface area (Å²) in [4.78, 5) is 9.47. The van der Waals surface area contributed by atoms with Crippen molar-refractivity contribution in [3.63, 3.8) is 0 Å². The number of halogens is 1. The molecule has 0 spiro atoms. The maximum absolute atomic E-state index is 13.4. The second-order valence-electron chi connectivity index (χ2n) is 6.90. The van der Waals surface area contributed by atoms with E-state index in [1.807, 2.05) is 6.92 Å². The fourth-order valence-electron chi connectivity index (χ4n) is 3.08. The van der Waals surface area contributed by atoms with Crippen LogP contribution in [0, 0.1) is 11.2 Å². The fourth-order valence-corrected chi connectivity index (χ4v) is 3.71. The molecule has 30 heavy (non-hydrogen) atoms. The summed E-state index contributed by atoms with van der Waals surface area (Å²) in [5.41, 5.74) is 3.27. The number of rotatable bonds is 7. The van der Waals surface area contributed by atoms with Crippen molar-refractivity contribution < 1.29 is 12.8 Å². The summed E-state index contributed by atoms with van der Waals surface area (Å²) >= 11 is 0. The summed E-state index contributed by atoms with van der Waals surface area (Å²) in [5, 5.41) is 11.6. The Kier molecular flexibility index (Phi) is 6.26. The van der Waals surface area contributed by atoms with Crippen LogP contribution in [0.5, 0.6) is 0 Å². The Morgan fingerprint density at radius 1 is 1.03 bits per heavy atom. The number of aromatic nitrogens is 2. The van der Waals surface area contributed by atoms with E-state index in [0.717, 1.165) is 12.7 Å². The van der Waals surface area contributed by atoms with Crippen LogP contribution in [0.2, 0.25) is 0 Å². The highest BCUT2D eigenvalue weighted by molar-refractivity contribution is 7.90. The van der Waals surface area contributed by atoms with Crippen molar-refractivity contribution in [2.45, 2.75) is 24.7 Å². The minimum atomic E-state index is -3.32. The predicted molar refractivity (Wildman–Crippen MR) is 117 cm³/mol. The molecule has 0 saturated heterocycles. The van der Waals surface area contributed by atoms with Crippen molar-refractivity contribution in [3.8, 4) is 22.6 Å². The highest BCUT2D eigenvalue weighted by atomic mass is 32.2. The van der Waals surface area contributed by atoms with Crippen molar-refractivity contribution in [2.24, 2.45) is 0 Å². The van der Waals surface area contributed by atoms with Crippen LogP contribution < -0.4 is 5.32 Å². The first-order valence-electron chi connectivity index (χ1n) is 9.48. The molecule has 1 aromatic heterocycles. The first-order valence-corrected chi connectivity index (χ1v) is 11.4. The molecule has 0 amide bonds. The quantitative estimate of drug-likeness (QED) is 0.540. The van der Waals surface area contributed by atoms with Crippen LogP contribution in [0.3, 0.4) is 0 Å². The lowest BCUT2D eigenvalue weighted by Gasteiger charge is -2.16. The third-order valence-corrected chi connectivity index (χ3v) is 5.73. The Bertz CT molecular complexity index is 1180. The number of benzene rings is 2. The van der Waals surface area contributed by atoms with Crippen molar-refractivity contribution in [1.29, 1.82) is 5.41 Å². The van der Waals surface area contributed by atoms with Gasteiger partial charge in [0.1, 0.15) is 11.5 Å². The molecular weight excluding hydrogens is 403 g/mol. The van der Waals surface area contributed by atoms with Gasteiger partial charge < -0.3 is 10.7 Å². The minimum absolute atomic E-state index is 0.212. The average molecular weight is 427 g/mol. The first-order chi connectivity index (χ1) is 14.2. The molecule has 0 bridgehead atoms. The number of nitrogens with zero attached hydrogens (tertiary/aromatic N) is 2. The standard InChI is InChI=1S/C22H23FN4O2S/c1-4-5-18(24)20-21(25-2)19(14-8-12-17(13-9-14)30(3,28)29)26-22(27-20)15-6-10-16(23)11-7-15/h6-13,24-25H,4-5H2,1-3H3. The van der Waals surface area contributed by atoms with Gasteiger partial charge in [-0.3, -0.25) is 0 Å². The van der Waals surface area contributed by atoms with Crippen LogP contribution in [-0.2, 0) is 9.84 Å². The molecule has 0 unspecified atom stereocenters. The van der Waals surface area contributed by atoms with Crippen LogP contribution in [0.15, 0.2) is 53.4 Å². The number of hydrogen-bond acceptors (Lipinski definition) is 6. The molecule has 0 aliphatic carbocycles. The number of nitrogens with one attached hydrogen (secondary N) is 2. The topological polar surface area (TPSA) is 95.8 Å². The molecule has 0 fully saturated rings. The maximum atomic E-state index is 13.4. The van der Waals surface area contributed by atoms with Crippen LogP contribution in [-0.4, -0.2) is 37.4 Å². The molecule has 0 saturated carbocycles. The average Bonchev–Trinajstić information content (AvgIpc) is 2.73. The second-order valence-corrected chi connectivity index (χ2v) is 8.92. The smallest absolute Gasteiger partial charge is 0.175 e. The Morgan fingerprint density at radius 3 is 2.17 bits per heavy atom. The molecular formula is C22H23FN4O2S. The van der Waals surface area contributed by atoms with E-state index in [9.17, 15) is 12.8 Å². The monoisotopic (exact) mass is 426 g/mol. The molecule has 0 aliphatic rings. The van der Waals surface area contributed by atoms with Crippen molar-refractivity contribution in [1.82, 2.24) is 9.97 Å². The second kappa shape index (κ2) is 8.71. The van der Waals surface area contributed by atoms with E-state index >= 15 is 0 Å². The van der Waals surface area contributed by atoms with Gasteiger partial charge in [0.25, 0.3) is 0 Å². The zero-order valence-electron chi connectivity index (χ0n) is 17.0. The predicted octanol–water partition coefficient (Wildman–Crippen LogP) is 4.56. The minimum Gasteiger partial charge on any atom is -0.385 e. The summed E-state index contributed by atoms with van der Waals surface area (Å²) in [6.45, 7) is 1.99. The maximum Gasteiger partial charge on any atom is 0.175 e. The van der Waals surface area contributed by atoms with Gasteiger partial charge in [0.05, 0.1) is 22.0 Å². The number of sulfone groups is 1. The van der Waals surface area contributed by atoms with Crippen LogP contribution >= 0.6 is 0 Å². The van der Waals surface area contributed by atoms with E-state index in [-0.39, 0.29) is 10.7 Å². The van der Waals surface area contributed by atoms with Gasteiger partial charge in [0, 0.05) is 24.4 Å². The highest BCUT2D eigenvalue weighted by Gasteiger charge is 2.19. The summed E-state index contributed by atoms with van der Waals surface area (Å²) in [6.07, 6.45) is 2.49. The van der Waals surface area contributed by atoms with Gasteiger partial charge in [-0.25, -0.2) is 22.8 Å². The Hall–Kier alpha value is -3.13. The zero-order chi connectivity index (χ0) is 21.9. The molecule has 3 rings (SSSR count). The summed E-state index contributed by atoms with van der Waals surface area (Å²) < 4.78 is 37.0. The molecule has 0 radical (unpaired) electrons. The van der Waals surface area contributed by atoms with Gasteiger partial charge in [-0.1, -0.05) is 25.5 Å². The van der Waals surface area contributed by atoms with Crippen LogP contribution in [0.1, 0.15) is 25.5 Å². The Balaban J connectivity index is 2.23. The van der Waals surface area contributed by atoms with E-state index in [2.05, 4.69) is 15.3 Å². The largest absolute Gasteiger partial charge is 0.385 e. The summed E-state index contributed by atoms with van der Waals surface area (Å²) in [5.74, 6) is 0.00757. The van der Waals surface area contributed by atoms with Gasteiger partial charge in [-0.15, -0.1) is 0 Å². The van der Waals surface area contributed by atoms with Gasteiger partial charge in [0.2, 0.25) is 0 Å². The van der Waals surface area contributed by atoms with E-state index in [4.69, 9.17) is 5.41 Å². The third kappa shape index (κ3) is 4.54. The molecule has 6 nitrogen and oxygen atoms in total. The van der Waals surface area contributed by atoms with Gasteiger partial charge in [-0.05, 0) is 42.8 Å². The number of anilines is 1. The molecule has 1 heterocycles. The van der Waals surface area contributed by atoms with Crippen LogP contribution in [0.4, 0.5) is 10.1 Å².